The van der Waals surface area contributed by atoms with E-state index in [-0.39, 0.29) is 11.5 Å². The number of halogens is 3. The molecule has 6 heteroatoms. The average Bonchev–Trinajstić information content (AvgIpc) is 2.41. The van der Waals surface area contributed by atoms with Gasteiger partial charge in [0.15, 0.2) is 5.78 Å². The highest BCUT2D eigenvalue weighted by Gasteiger charge is 2.13. The summed E-state index contributed by atoms with van der Waals surface area (Å²) in [7, 11) is 0. The molecule has 0 N–H and O–H groups in total. The highest BCUT2D eigenvalue weighted by atomic mass is 79.9. The number of pyridine rings is 1. The molecular formula is C13H8BrF2NO2. The summed E-state index contributed by atoms with van der Waals surface area (Å²) < 4.78 is 28.8. The van der Waals surface area contributed by atoms with Gasteiger partial charge < -0.3 is 4.74 Å². The van der Waals surface area contributed by atoms with Gasteiger partial charge in [-0.05, 0) is 46.3 Å². The second-order valence-electron chi connectivity index (χ2n) is 3.59. The fourth-order valence-electron chi connectivity index (χ4n) is 1.50. The summed E-state index contributed by atoms with van der Waals surface area (Å²) in [6.45, 7) is -2.91. The molecule has 0 saturated carbocycles. The monoisotopic (exact) mass is 327 g/mol. The number of hydrogen-bond donors (Lipinski definition) is 0. The molecule has 0 aliphatic carbocycles. The third-order valence-corrected chi connectivity index (χ3v) is 2.95. The van der Waals surface area contributed by atoms with Gasteiger partial charge >= 0.3 is 6.61 Å². The number of carbonyl (C=O) groups excluding carboxylic acids is 1. The molecule has 0 unspecified atom stereocenters. The van der Waals surface area contributed by atoms with Gasteiger partial charge in [-0.3, -0.25) is 9.78 Å². The molecule has 2 aromatic rings. The first-order valence-corrected chi connectivity index (χ1v) is 6.06. The minimum Gasteiger partial charge on any atom is -0.434 e. The van der Waals surface area contributed by atoms with Gasteiger partial charge in [-0.1, -0.05) is 0 Å². The topological polar surface area (TPSA) is 39.2 Å². The summed E-state index contributed by atoms with van der Waals surface area (Å²) in [5.41, 5.74) is 0.790. The maximum atomic E-state index is 12.1. The first-order chi connectivity index (χ1) is 9.08. The van der Waals surface area contributed by atoms with Gasteiger partial charge in [-0.2, -0.15) is 8.78 Å². The predicted octanol–water partition coefficient (Wildman–Crippen LogP) is 3.68. The van der Waals surface area contributed by atoms with Crippen molar-refractivity contribution in [3.05, 3.63) is 58.3 Å². The van der Waals surface area contributed by atoms with Crippen LogP contribution in [0.5, 0.6) is 5.75 Å². The van der Waals surface area contributed by atoms with Crippen molar-refractivity contribution in [3.63, 3.8) is 0 Å². The van der Waals surface area contributed by atoms with E-state index in [0.29, 0.717) is 15.6 Å². The maximum absolute atomic E-state index is 12.1. The van der Waals surface area contributed by atoms with E-state index in [0.717, 1.165) is 0 Å². The van der Waals surface area contributed by atoms with Crippen molar-refractivity contribution < 1.29 is 18.3 Å². The Morgan fingerprint density at radius 2 is 2.05 bits per heavy atom. The standard InChI is InChI=1S/C13H8BrF2NO2/c14-10-6-8(3-4-11(10)19-13(15)16)12(18)9-2-1-5-17-7-9/h1-7,13H. The summed E-state index contributed by atoms with van der Waals surface area (Å²) in [6, 6.07) is 7.47. The van der Waals surface area contributed by atoms with Crippen molar-refractivity contribution in [2.45, 2.75) is 6.61 Å². The Balaban J connectivity index is 2.27. The number of carbonyl (C=O) groups is 1. The van der Waals surface area contributed by atoms with Crippen LogP contribution in [0.25, 0.3) is 0 Å². The highest BCUT2D eigenvalue weighted by Crippen LogP contribution is 2.28. The van der Waals surface area contributed by atoms with E-state index < -0.39 is 6.61 Å². The van der Waals surface area contributed by atoms with Gasteiger partial charge in [0.05, 0.1) is 4.47 Å². The smallest absolute Gasteiger partial charge is 0.387 e. The van der Waals surface area contributed by atoms with Crippen molar-refractivity contribution in [2.24, 2.45) is 0 Å². The van der Waals surface area contributed by atoms with Crippen LogP contribution >= 0.6 is 15.9 Å². The van der Waals surface area contributed by atoms with Gasteiger partial charge in [0.1, 0.15) is 5.75 Å². The first-order valence-electron chi connectivity index (χ1n) is 5.27. The zero-order valence-electron chi connectivity index (χ0n) is 9.52. The molecule has 0 amide bonds. The van der Waals surface area contributed by atoms with E-state index in [9.17, 15) is 13.6 Å². The predicted molar refractivity (Wildman–Crippen MR) is 68.4 cm³/mol. The molecule has 0 saturated heterocycles. The van der Waals surface area contributed by atoms with Gasteiger partial charge in [0.2, 0.25) is 0 Å². The van der Waals surface area contributed by atoms with Crippen LogP contribution in [0.15, 0.2) is 47.2 Å². The molecule has 0 atom stereocenters. The van der Waals surface area contributed by atoms with Crippen LogP contribution in [0, 0.1) is 0 Å². The van der Waals surface area contributed by atoms with E-state index in [1.165, 1.54) is 24.4 Å². The van der Waals surface area contributed by atoms with Gasteiger partial charge in [-0.25, -0.2) is 0 Å². The summed E-state index contributed by atoms with van der Waals surface area (Å²) in [5, 5.41) is 0. The van der Waals surface area contributed by atoms with Crippen molar-refractivity contribution >= 4 is 21.7 Å². The molecule has 2 rings (SSSR count). The summed E-state index contributed by atoms with van der Waals surface area (Å²) >= 11 is 3.09. The molecule has 0 aliphatic rings. The number of ether oxygens (including phenoxy) is 1. The van der Waals surface area contributed by atoms with Gasteiger partial charge in [0.25, 0.3) is 0 Å². The molecule has 0 spiro atoms. The van der Waals surface area contributed by atoms with E-state index in [1.807, 2.05) is 0 Å². The van der Waals surface area contributed by atoms with Crippen LogP contribution < -0.4 is 4.74 Å². The molecule has 1 aromatic heterocycles. The van der Waals surface area contributed by atoms with Crippen molar-refractivity contribution in [2.75, 3.05) is 0 Å². The highest BCUT2D eigenvalue weighted by molar-refractivity contribution is 9.10. The lowest BCUT2D eigenvalue weighted by atomic mass is 10.1. The van der Waals surface area contributed by atoms with Crippen LogP contribution in [0.2, 0.25) is 0 Å². The third-order valence-electron chi connectivity index (χ3n) is 2.33. The SMILES string of the molecule is O=C(c1cccnc1)c1ccc(OC(F)F)c(Br)c1. The lowest BCUT2D eigenvalue weighted by Crippen LogP contribution is -2.05. The van der Waals surface area contributed by atoms with Crippen LogP contribution in [0.4, 0.5) is 8.78 Å². The molecule has 98 valence electrons. The van der Waals surface area contributed by atoms with Gasteiger partial charge in [0, 0.05) is 23.5 Å². The minimum atomic E-state index is -2.91. The number of alkyl halides is 2. The second kappa shape index (κ2) is 5.88. The normalized spacial score (nSPS) is 10.5. The molecule has 1 heterocycles. The van der Waals surface area contributed by atoms with E-state index in [4.69, 9.17) is 0 Å². The van der Waals surface area contributed by atoms with Crippen molar-refractivity contribution in [1.29, 1.82) is 0 Å². The third kappa shape index (κ3) is 3.35. The Labute approximate surface area is 116 Å². The van der Waals surface area contributed by atoms with E-state index >= 15 is 0 Å². The quantitative estimate of drug-likeness (QED) is 0.804. The fraction of sp³-hybridized carbons (Fsp3) is 0.0769. The summed E-state index contributed by atoms with van der Waals surface area (Å²) in [5.74, 6) is -0.255. The van der Waals surface area contributed by atoms with Gasteiger partial charge in [-0.15, -0.1) is 0 Å². The minimum absolute atomic E-state index is 0.0160. The molecule has 0 radical (unpaired) electrons. The number of ketones is 1. The van der Waals surface area contributed by atoms with Crippen LogP contribution in [-0.4, -0.2) is 17.4 Å². The number of rotatable bonds is 4. The zero-order valence-corrected chi connectivity index (χ0v) is 11.1. The number of aromatic nitrogens is 1. The Morgan fingerprint density at radius 3 is 2.63 bits per heavy atom. The Bertz CT molecular complexity index is 590. The molecule has 0 fully saturated rings. The van der Waals surface area contributed by atoms with Crippen LogP contribution in [-0.2, 0) is 0 Å². The first kappa shape index (κ1) is 13.6. The second-order valence-corrected chi connectivity index (χ2v) is 4.45. The number of nitrogens with zero attached hydrogens (tertiary/aromatic N) is 1. The largest absolute Gasteiger partial charge is 0.434 e. The Hall–Kier alpha value is -1.82. The zero-order chi connectivity index (χ0) is 13.8. The average molecular weight is 328 g/mol. The van der Waals surface area contributed by atoms with E-state index in [1.54, 1.807) is 18.3 Å². The van der Waals surface area contributed by atoms with Crippen molar-refractivity contribution in [3.8, 4) is 5.75 Å². The lowest BCUT2D eigenvalue weighted by molar-refractivity contribution is -0.0503. The summed E-state index contributed by atoms with van der Waals surface area (Å²) in [4.78, 5) is 15.9. The number of hydrogen-bond acceptors (Lipinski definition) is 3. The molecule has 19 heavy (non-hydrogen) atoms. The molecule has 1 aromatic carbocycles. The molecule has 0 aliphatic heterocycles. The fourth-order valence-corrected chi connectivity index (χ4v) is 1.97. The maximum Gasteiger partial charge on any atom is 0.387 e. The molecular weight excluding hydrogens is 320 g/mol. The van der Waals surface area contributed by atoms with Crippen molar-refractivity contribution in [1.82, 2.24) is 4.98 Å². The Morgan fingerprint density at radius 1 is 1.26 bits per heavy atom. The summed E-state index contributed by atoms with van der Waals surface area (Å²) in [6.07, 6.45) is 3.01. The van der Waals surface area contributed by atoms with Crippen LogP contribution in [0.1, 0.15) is 15.9 Å². The lowest BCUT2D eigenvalue weighted by Gasteiger charge is -2.08. The molecule has 0 bridgehead atoms. The Kier molecular flexibility index (Phi) is 4.21. The number of benzene rings is 1. The van der Waals surface area contributed by atoms with E-state index in [2.05, 4.69) is 25.7 Å². The molecule has 3 nitrogen and oxygen atoms in total. The van der Waals surface area contributed by atoms with Crippen LogP contribution in [0.3, 0.4) is 0 Å².